The van der Waals surface area contributed by atoms with Gasteiger partial charge < -0.3 is 5.73 Å². The van der Waals surface area contributed by atoms with Gasteiger partial charge in [-0.15, -0.1) is 0 Å². The number of hydrogen-bond acceptors (Lipinski definition) is 2. The number of amides is 1. The molecule has 1 heterocycles. The van der Waals surface area contributed by atoms with Gasteiger partial charge in [-0.25, -0.2) is 4.39 Å². The van der Waals surface area contributed by atoms with Gasteiger partial charge in [0, 0.05) is 21.5 Å². The highest BCUT2D eigenvalue weighted by atomic mass is 35.5. The third-order valence-corrected chi connectivity index (χ3v) is 4.40. The van der Waals surface area contributed by atoms with E-state index >= 15 is 0 Å². The van der Waals surface area contributed by atoms with Gasteiger partial charge in [0.2, 0.25) is 5.91 Å². The van der Waals surface area contributed by atoms with Gasteiger partial charge in [0.05, 0.1) is 11.2 Å². The third-order valence-electron chi connectivity index (χ3n) is 4.19. The standard InChI is InChI=1S/C17H13ClFN3O/c18-9-5-12(8-1-2-8)15-14(6-9)16(22-21-15)13-7-10(19)3-4-11(13)17(20)23/h3-8H,1-2H2,(H2,20,23)(H,21,22). The molecule has 1 saturated carbocycles. The van der Waals surface area contributed by atoms with E-state index in [2.05, 4.69) is 10.2 Å². The molecule has 23 heavy (non-hydrogen) atoms. The first-order valence-electron chi connectivity index (χ1n) is 7.32. The minimum Gasteiger partial charge on any atom is -0.366 e. The number of carbonyl (C=O) groups is 1. The Morgan fingerprint density at radius 2 is 2.09 bits per heavy atom. The minimum absolute atomic E-state index is 0.241. The van der Waals surface area contributed by atoms with Crippen molar-refractivity contribution < 1.29 is 9.18 Å². The summed E-state index contributed by atoms with van der Waals surface area (Å²) in [5.41, 5.74) is 8.50. The average Bonchev–Trinajstić information content (AvgIpc) is 3.26. The van der Waals surface area contributed by atoms with Crippen LogP contribution in [0.3, 0.4) is 0 Å². The van der Waals surface area contributed by atoms with Crippen molar-refractivity contribution in [1.29, 1.82) is 0 Å². The van der Waals surface area contributed by atoms with Crippen molar-refractivity contribution in [3.8, 4) is 11.3 Å². The van der Waals surface area contributed by atoms with Crippen LogP contribution in [0.5, 0.6) is 0 Å². The smallest absolute Gasteiger partial charge is 0.249 e. The molecular formula is C17H13ClFN3O. The van der Waals surface area contributed by atoms with Crippen molar-refractivity contribution in [2.45, 2.75) is 18.8 Å². The van der Waals surface area contributed by atoms with Gasteiger partial charge >= 0.3 is 0 Å². The fourth-order valence-electron chi connectivity index (χ4n) is 2.96. The van der Waals surface area contributed by atoms with E-state index in [9.17, 15) is 9.18 Å². The number of halogens is 2. The van der Waals surface area contributed by atoms with Crippen molar-refractivity contribution in [3.63, 3.8) is 0 Å². The summed E-state index contributed by atoms with van der Waals surface area (Å²) >= 11 is 6.24. The van der Waals surface area contributed by atoms with Gasteiger partial charge in [-0.1, -0.05) is 11.6 Å². The molecule has 1 aromatic heterocycles. The highest BCUT2D eigenvalue weighted by Gasteiger charge is 2.28. The van der Waals surface area contributed by atoms with Crippen LogP contribution in [0.4, 0.5) is 4.39 Å². The fourth-order valence-corrected chi connectivity index (χ4v) is 3.18. The Morgan fingerprint density at radius 3 is 2.78 bits per heavy atom. The molecule has 6 heteroatoms. The Labute approximate surface area is 136 Å². The van der Waals surface area contributed by atoms with Crippen LogP contribution < -0.4 is 5.73 Å². The van der Waals surface area contributed by atoms with Gasteiger partial charge in [0.25, 0.3) is 0 Å². The Kier molecular flexibility index (Phi) is 3.13. The second kappa shape index (κ2) is 5.06. The molecule has 116 valence electrons. The molecule has 1 fully saturated rings. The second-order valence-electron chi connectivity index (χ2n) is 5.82. The van der Waals surface area contributed by atoms with Crippen molar-refractivity contribution in [1.82, 2.24) is 10.2 Å². The quantitative estimate of drug-likeness (QED) is 0.762. The SMILES string of the molecule is NC(=O)c1ccc(F)cc1-c1[nH]nc2c(C3CC3)cc(Cl)cc12. The van der Waals surface area contributed by atoms with Crippen LogP contribution in [0.15, 0.2) is 30.3 Å². The van der Waals surface area contributed by atoms with E-state index in [1.54, 1.807) is 6.07 Å². The summed E-state index contributed by atoms with van der Waals surface area (Å²) in [4.78, 5) is 11.7. The number of aromatic nitrogens is 2. The first-order valence-corrected chi connectivity index (χ1v) is 7.69. The average molecular weight is 330 g/mol. The van der Waals surface area contributed by atoms with Crippen LogP contribution in [-0.2, 0) is 0 Å². The molecular weight excluding hydrogens is 317 g/mol. The molecule has 4 rings (SSSR count). The normalized spacial score (nSPS) is 14.3. The zero-order valence-corrected chi connectivity index (χ0v) is 12.8. The van der Waals surface area contributed by atoms with E-state index in [4.69, 9.17) is 17.3 Å². The first-order chi connectivity index (χ1) is 11.0. The Morgan fingerprint density at radius 1 is 1.30 bits per heavy atom. The lowest BCUT2D eigenvalue weighted by atomic mass is 9.99. The van der Waals surface area contributed by atoms with Crippen LogP contribution in [-0.4, -0.2) is 16.1 Å². The van der Waals surface area contributed by atoms with Crippen LogP contribution in [0, 0.1) is 5.82 Å². The van der Waals surface area contributed by atoms with Gasteiger partial charge in [0.1, 0.15) is 5.82 Å². The number of nitrogens with zero attached hydrogens (tertiary/aromatic N) is 1. The van der Waals surface area contributed by atoms with Crippen LogP contribution in [0.25, 0.3) is 22.2 Å². The summed E-state index contributed by atoms with van der Waals surface area (Å²) in [5.74, 6) is -0.597. The summed E-state index contributed by atoms with van der Waals surface area (Å²) in [7, 11) is 0. The van der Waals surface area contributed by atoms with E-state index in [0.29, 0.717) is 22.2 Å². The van der Waals surface area contributed by atoms with E-state index < -0.39 is 11.7 Å². The maximum Gasteiger partial charge on any atom is 0.249 e. The van der Waals surface area contributed by atoms with E-state index in [-0.39, 0.29) is 5.56 Å². The molecule has 0 radical (unpaired) electrons. The number of benzene rings is 2. The maximum atomic E-state index is 13.7. The molecule has 4 nitrogen and oxygen atoms in total. The van der Waals surface area contributed by atoms with Crippen molar-refractivity contribution in [2.24, 2.45) is 5.73 Å². The van der Waals surface area contributed by atoms with Crippen molar-refractivity contribution >= 4 is 28.4 Å². The number of primary amides is 1. The van der Waals surface area contributed by atoms with Crippen molar-refractivity contribution in [3.05, 3.63) is 52.3 Å². The molecule has 1 aliphatic carbocycles. The topological polar surface area (TPSA) is 71.8 Å². The molecule has 0 bridgehead atoms. The Bertz CT molecular complexity index is 946. The lowest BCUT2D eigenvalue weighted by Crippen LogP contribution is -2.12. The molecule has 1 aliphatic rings. The van der Waals surface area contributed by atoms with E-state index in [1.807, 2.05) is 6.07 Å². The van der Waals surface area contributed by atoms with Crippen molar-refractivity contribution in [2.75, 3.05) is 0 Å². The minimum atomic E-state index is -0.618. The van der Waals surface area contributed by atoms with Crippen LogP contribution in [0.2, 0.25) is 5.02 Å². The Hall–Kier alpha value is -2.40. The second-order valence-corrected chi connectivity index (χ2v) is 6.25. The molecule has 3 aromatic rings. The summed E-state index contributed by atoms with van der Waals surface area (Å²) < 4.78 is 13.7. The molecule has 1 amide bonds. The highest BCUT2D eigenvalue weighted by Crippen LogP contribution is 2.45. The van der Waals surface area contributed by atoms with Crippen LogP contribution in [0.1, 0.15) is 34.7 Å². The Balaban J connectivity index is 2.00. The fraction of sp³-hybridized carbons (Fsp3) is 0.176. The number of H-pyrrole nitrogens is 1. The summed E-state index contributed by atoms with van der Waals surface area (Å²) in [5, 5.41) is 8.66. The monoisotopic (exact) mass is 329 g/mol. The summed E-state index contributed by atoms with van der Waals surface area (Å²) in [6, 6.07) is 7.57. The largest absolute Gasteiger partial charge is 0.366 e. The lowest BCUT2D eigenvalue weighted by Gasteiger charge is -2.06. The number of carbonyl (C=O) groups excluding carboxylic acids is 1. The zero-order valence-electron chi connectivity index (χ0n) is 12.1. The van der Waals surface area contributed by atoms with Gasteiger partial charge in [-0.3, -0.25) is 9.89 Å². The number of nitrogens with two attached hydrogens (primary N) is 1. The molecule has 2 aromatic carbocycles. The zero-order chi connectivity index (χ0) is 16.1. The molecule has 0 spiro atoms. The van der Waals surface area contributed by atoms with Crippen LogP contribution >= 0.6 is 11.6 Å². The molecule has 0 aliphatic heterocycles. The van der Waals surface area contributed by atoms with E-state index in [0.717, 1.165) is 29.3 Å². The third kappa shape index (κ3) is 2.37. The number of nitrogens with one attached hydrogen (secondary N) is 1. The van der Waals surface area contributed by atoms with Gasteiger partial charge in [0.15, 0.2) is 0 Å². The van der Waals surface area contributed by atoms with E-state index in [1.165, 1.54) is 18.2 Å². The first kappa shape index (κ1) is 14.2. The molecule has 0 saturated heterocycles. The van der Waals surface area contributed by atoms with Gasteiger partial charge in [-0.2, -0.15) is 5.10 Å². The number of fused-ring (bicyclic) bond motifs is 1. The van der Waals surface area contributed by atoms with Gasteiger partial charge in [-0.05, 0) is 54.7 Å². The number of aromatic amines is 1. The predicted octanol–water partition coefficient (Wildman–Crippen LogP) is 4.00. The summed E-state index contributed by atoms with van der Waals surface area (Å²) in [6.07, 6.45) is 2.23. The molecule has 0 atom stereocenters. The highest BCUT2D eigenvalue weighted by molar-refractivity contribution is 6.31. The summed E-state index contributed by atoms with van der Waals surface area (Å²) in [6.45, 7) is 0. The molecule has 3 N–H and O–H groups in total. The number of rotatable bonds is 3. The predicted molar refractivity (Wildman–Crippen MR) is 87.0 cm³/mol. The number of hydrogen-bond donors (Lipinski definition) is 2. The lowest BCUT2D eigenvalue weighted by molar-refractivity contribution is 0.100. The molecule has 0 unspecified atom stereocenters. The maximum absolute atomic E-state index is 13.7.